The molecule has 1 aromatic carbocycles. The summed E-state index contributed by atoms with van der Waals surface area (Å²) in [6.45, 7) is 7.95. The van der Waals surface area contributed by atoms with Crippen LogP contribution in [0.1, 0.15) is 27.2 Å². The van der Waals surface area contributed by atoms with Crippen LogP contribution >= 0.6 is 0 Å². The monoisotopic (exact) mass is 391 g/mol. The van der Waals surface area contributed by atoms with E-state index in [-0.39, 0.29) is 23.9 Å². The first-order chi connectivity index (χ1) is 13.4. The molecule has 8 heteroatoms. The van der Waals surface area contributed by atoms with E-state index in [9.17, 15) is 14.7 Å². The zero-order valence-corrected chi connectivity index (χ0v) is 16.5. The lowest BCUT2D eigenvalue weighted by molar-refractivity contribution is -0.160. The molecule has 3 rings (SSSR count). The molecule has 0 aromatic heterocycles. The summed E-state index contributed by atoms with van der Waals surface area (Å²) >= 11 is 0. The van der Waals surface area contributed by atoms with Crippen molar-refractivity contribution in [3.63, 3.8) is 0 Å². The number of nitrogens with zero attached hydrogens (tertiary/aromatic N) is 2. The molecule has 28 heavy (non-hydrogen) atoms. The van der Waals surface area contributed by atoms with E-state index in [0.717, 1.165) is 11.4 Å². The highest BCUT2D eigenvalue weighted by molar-refractivity contribution is 5.89. The summed E-state index contributed by atoms with van der Waals surface area (Å²) < 4.78 is 5.50. The van der Waals surface area contributed by atoms with Gasteiger partial charge in [0.25, 0.3) is 5.91 Å². The zero-order valence-electron chi connectivity index (χ0n) is 16.5. The molecule has 0 spiro atoms. The number of benzene rings is 1. The lowest BCUT2D eigenvalue weighted by Crippen LogP contribution is -2.67. The van der Waals surface area contributed by atoms with Gasteiger partial charge in [0.2, 0.25) is 5.91 Å². The molecule has 2 amide bonds. The zero-order chi connectivity index (χ0) is 20.4. The van der Waals surface area contributed by atoms with Gasteiger partial charge in [0.1, 0.15) is 11.9 Å². The normalized spacial score (nSPS) is 28.5. The number of fused-ring (bicyclic) bond motifs is 1. The van der Waals surface area contributed by atoms with Gasteiger partial charge in [-0.15, -0.1) is 0 Å². The van der Waals surface area contributed by atoms with Crippen molar-refractivity contribution in [1.29, 1.82) is 0 Å². The molecular weight excluding hydrogens is 362 g/mol. The standard InChI is InChI=1S/C20H29N3O5/c1-4-28-15-7-5-14(6-8-15)22-10-13(3)23-17(11-22)12(2)9-16(20(23)26)18(24)19(25)21-27/h5-8,12-13,16-18,24,27H,4,9-11H2,1-3H3,(H,21,25)/t12?,13-,16+,17?,18+/m1/s1. The van der Waals surface area contributed by atoms with Gasteiger partial charge in [-0.2, -0.15) is 0 Å². The molecule has 1 aromatic rings. The molecule has 2 aliphatic rings. The van der Waals surface area contributed by atoms with Crippen LogP contribution in [-0.4, -0.2) is 64.9 Å². The topological polar surface area (TPSA) is 102 Å². The summed E-state index contributed by atoms with van der Waals surface area (Å²) in [7, 11) is 0. The minimum atomic E-state index is -1.54. The molecule has 0 saturated carbocycles. The molecule has 8 nitrogen and oxygen atoms in total. The maximum absolute atomic E-state index is 13.0. The lowest BCUT2D eigenvalue weighted by atomic mass is 9.78. The molecule has 2 heterocycles. The highest BCUT2D eigenvalue weighted by Crippen LogP contribution is 2.36. The Morgan fingerprint density at radius 3 is 2.57 bits per heavy atom. The van der Waals surface area contributed by atoms with Crippen LogP contribution in [0.25, 0.3) is 0 Å². The van der Waals surface area contributed by atoms with Crippen LogP contribution in [0.5, 0.6) is 5.75 Å². The average molecular weight is 391 g/mol. The van der Waals surface area contributed by atoms with E-state index in [1.165, 1.54) is 5.48 Å². The van der Waals surface area contributed by atoms with Crippen LogP contribution < -0.4 is 15.1 Å². The fraction of sp³-hybridized carbons (Fsp3) is 0.600. The number of aliphatic hydroxyl groups excluding tert-OH is 1. The number of aliphatic hydroxyl groups is 1. The number of piperazine rings is 1. The van der Waals surface area contributed by atoms with Crippen LogP contribution in [-0.2, 0) is 9.59 Å². The largest absolute Gasteiger partial charge is 0.494 e. The molecule has 0 aliphatic carbocycles. The SMILES string of the molecule is CCOc1ccc(N2CC3C(C)C[C@@H]([C@H](O)C(=O)NO)C(=O)N3[C@H](C)C2)cc1. The molecule has 5 atom stereocenters. The van der Waals surface area contributed by atoms with E-state index < -0.39 is 17.9 Å². The maximum atomic E-state index is 13.0. The van der Waals surface area contributed by atoms with Gasteiger partial charge >= 0.3 is 0 Å². The van der Waals surface area contributed by atoms with Crippen molar-refractivity contribution in [3.05, 3.63) is 24.3 Å². The molecule has 2 saturated heterocycles. The summed E-state index contributed by atoms with van der Waals surface area (Å²) in [5, 5.41) is 19.0. The molecule has 3 N–H and O–H groups in total. The Bertz CT molecular complexity index is 710. The number of hydrogen-bond acceptors (Lipinski definition) is 6. The van der Waals surface area contributed by atoms with E-state index in [4.69, 9.17) is 9.94 Å². The summed E-state index contributed by atoms with van der Waals surface area (Å²) in [5.41, 5.74) is 2.52. The van der Waals surface area contributed by atoms with Gasteiger partial charge in [-0.1, -0.05) is 6.92 Å². The Kier molecular flexibility index (Phi) is 6.10. The molecular formula is C20H29N3O5. The summed E-state index contributed by atoms with van der Waals surface area (Å²) in [5.74, 6) is -1.06. The molecule has 2 fully saturated rings. The van der Waals surface area contributed by atoms with Crippen molar-refractivity contribution in [3.8, 4) is 5.75 Å². The van der Waals surface area contributed by atoms with Crippen molar-refractivity contribution in [2.24, 2.45) is 11.8 Å². The van der Waals surface area contributed by atoms with E-state index in [2.05, 4.69) is 4.90 Å². The van der Waals surface area contributed by atoms with Crippen molar-refractivity contribution >= 4 is 17.5 Å². The predicted molar refractivity (Wildman–Crippen MR) is 103 cm³/mol. The Morgan fingerprint density at radius 2 is 1.96 bits per heavy atom. The highest BCUT2D eigenvalue weighted by Gasteiger charge is 2.48. The van der Waals surface area contributed by atoms with Crippen molar-refractivity contribution in [2.75, 3.05) is 24.6 Å². The smallest absolute Gasteiger partial charge is 0.272 e. The molecule has 2 aliphatic heterocycles. The number of ether oxygens (including phenoxy) is 1. The van der Waals surface area contributed by atoms with Crippen molar-refractivity contribution in [2.45, 2.75) is 45.4 Å². The van der Waals surface area contributed by atoms with Gasteiger partial charge in [0.05, 0.1) is 18.6 Å². The van der Waals surface area contributed by atoms with E-state index in [1.54, 1.807) is 0 Å². The van der Waals surface area contributed by atoms with Crippen molar-refractivity contribution in [1.82, 2.24) is 10.4 Å². The van der Waals surface area contributed by atoms with Crippen LogP contribution in [0.3, 0.4) is 0 Å². The van der Waals surface area contributed by atoms with Gasteiger partial charge in [0, 0.05) is 24.8 Å². The van der Waals surface area contributed by atoms with E-state index in [1.807, 2.05) is 49.9 Å². The van der Waals surface area contributed by atoms with Crippen LogP contribution in [0.2, 0.25) is 0 Å². The fourth-order valence-corrected chi connectivity index (χ4v) is 4.45. The number of carbonyl (C=O) groups is 2. The first-order valence-electron chi connectivity index (χ1n) is 9.79. The number of nitrogens with one attached hydrogen (secondary N) is 1. The number of rotatable bonds is 5. The Morgan fingerprint density at radius 1 is 1.29 bits per heavy atom. The van der Waals surface area contributed by atoms with Gasteiger partial charge in [-0.25, -0.2) is 5.48 Å². The summed E-state index contributed by atoms with van der Waals surface area (Å²) in [6.07, 6.45) is -1.14. The first-order valence-corrected chi connectivity index (χ1v) is 9.79. The minimum absolute atomic E-state index is 0.00320. The van der Waals surface area contributed by atoms with E-state index in [0.29, 0.717) is 26.1 Å². The van der Waals surface area contributed by atoms with Crippen LogP contribution in [0.4, 0.5) is 5.69 Å². The third-order valence-corrected chi connectivity index (χ3v) is 5.85. The number of anilines is 1. The summed E-state index contributed by atoms with van der Waals surface area (Å²) in [6, 6.07) is 7.90. The Hall–Kier alpha value is -2.32. The predicted octanol–water partition coefficient (Wildman–Crippen LogP) is 1.01. The number of piperidine rings is 1. The number of amides is 2. The maximum Gasteiger partial charge on any atom is 0.272 e. The first kappa shape index (κ1) is 20.4. The quantitative estimate of drug-likeness (QED) is 0.512. The van der Waals surface area contributed by atoms with Crippen molar-refractivity contribution < 1.29 is 24.6 Å². The van der Waals surface area contributed by atoms with Gasteiger partial charge in [0.15, 0.2) is 0 Å². The number of carbonyl (C=O) groups excluding carboxylic acids is 2. The highest BCUT2D eigenvalue weighted by atomic mass is 16.5. The minimum Gasteiger partial charge on any atom is -0.494 e. The third-order valence-electron chi connectivity index (χ3n) is 5.85. The Balaban J connectivity index is 1.76. The third kappa shape index (κ3) is 3.79. The number of hydroxylamine groups is 1. The lowest BCUT2D eigenvalue weighted by Gasteiger charge is -2.53. The van der Waals surface area contributed by atoms with Gasteiger partial charge in [-0.3, -0.25) is 14.8 Å². The Labute approximate surface area is 165 Å². The average Bonchev–Trinajstić information content (AvgIpc) is 2.69. The molecule has 154 valence electrons. The van der Waals surface area contributed by atoms with Gasteiger partial charge < -0.3 is 19.6 Å². The second kappa shape index (κ2) is 8.36. The van der Waals surface area contributed by atoms with Gasteiger partial charge in [-0.05, 0) is 50.5 Å². The van der Waals surface area contributed by atoms with Crippen LogP contribution in [0, 0.1) is 11.8 Å². The molecule has 0 bridgehead atoms. The molecule has 2 unspecified atom stereocenters. The van der Waals surface area contributed by atoms with Crippen LogP contribution in [0.15, 0.2) is 24.3 Å². The second-order valence-electron chi connectivity index (χ2n) is 7.73. The number of hydrogen-bond donors (Lipinski definition) is 3. The summed E-state index contributed by atoms with van der Waals surface area (Å²) in [4.78, 5) is 28.7. The van der Waals surface area contributed by atoms with E-state index >= 15 is 0 Å². The second-order valence-corrected chi connectivity index (χ2v) is 7.73. The molecule has 0 radical (unpaired) electrons. The fourth-order valence-electron chi connectivity index (χ4n) is 4.45.